The molecule has 8 heteroatoms. The lowest BCUT2D eigenvalue weighted by Gasteiger charge is -2.44. The summed E-state index contributed by atoms with van der Waals surface area (Å²) in [6.45, 7) is 6.97. The van der Waals surface area contributed by atoms with Gasteiger partial charge in [0.2, 0.25) is 12.3 Å². The number of aromatic nitrogens is 1. The number of rotatable bonds is 5. The molecule has 1 aromatic carbocycles. The number of aliphatic hydroxyl groups is 1. The SMILES string of the molecule is Cc1cc2cnc(NC(=O)C3CC3C(F)F)cc2cc1C1CCN(C2(C)COCC2O)CC1. The molecule has 3 heterocycles. The van der Waals surface area contributed by atoms with E-state index in [1.165, 1.54) is 11.1 Å². The Balaban J connectivity index is 1.30. The number of likely N-dealkylation sites (tertiary alicyclic amines) is 1. The molecule has 0 bridgehead atoms. The van der Waals surface area contributed by atoms with Crippen molar-refractivity contribution >= 4 is 22.5 Å². The first-order chi connectivity index (χ1) is 15.8. The minimum absolute atomic E-state index is 0.237. The van der Waals surface area contributed by atoms with E-state index in [1.54, 1.807) is 6.20 Å². The molecule has 33 heavy (non-hydrogen) atoms. The fourth-order valence-electron chi connectivity index (χ4n) is 5.50. The van der Waals surface area contributed by atoms with Gasteiger partial charge in [-0.15, -0.1) is 0 Å². The second-order valence-corrected chi connectivity index (χ2v) is 10.1. The van der Waals surface area contributed by atoms with E-state index in [9.17, 15) is 18.7 Å². The molecule has 2 saturated heterocycles. The molecule has 0 radical (unpaired) electrons. The quantitative estimate of drug-likeness (QED) is 0.713. The Morgan fingerprint density at radius 3 is 2.67 bits per heavy atom. The van der Waals surface area contributed by atoms with Crippen LogP contribution in [0.5, 0.6) is 0 Å². The highest BCUT2D eigenvalue weighted by Crippen LogP contribution is 2.44. The van der Waals surface area contributed by atoms with Gasteiger partial charge in [-0.2, -0.15) is 0 Å². The van der Waals surface area contributed by atoms with E-state index in [2.05, 4.69) is 41.2 Å². The number of alkyl halides is 2. The maximum Gasteiger partial charge on any atom is 0.242 e. The first-order valence-electron chi connectivity index (χ1n) is 11.8. The molecular formula is C25H31F2N3O3. The monoisotopic (exact) mass is 459 g/mol. The zero-order chi connectivity index (χ0) is 23.3. The van der Waals surface area contributed by atoms with Gasteiger partial charge in [-0.05, 0) is 80.8 Å². The second kappa shape index (κ2) is 8.56. The van der Waals surface area contributed by atoms with Gasteiger partial charge in [-0.3, -0.25) is 9.69 Å². The van der Waals surface area contributed by atoms with Crippen LogP contribution in [0.15, 0.2) is 24.4 Å². The van der Waals surface area contributed by atoms with Crippen molar-refractivity contribution in [3.63, 3.8) is 0 Å². The van der Waals surface area contributed by atoms with Crippen LogP contribution in [-0.2, 0) is 9.53 Å². The number of ether oxygens (including phenoxy) is 1. The van der Waals surface area contributed by atoms with Gasteiger partial charge in [-0.1, -0.05) is 6.07 Å². The number of hydrogen-bond acceptors (Lipinski definition) is 5. The molecule has 178 valence electrons. The second-order valence-electron chi connectivity index (χ2n) is 10.1. The number of pyridine rings is 1. The number of aliphatic hydroxyl groups excluding tert-OH is 1. The molecule has 2 aliphatic heterocycles. The van der Waals surface area contributed by atoms with Crippen molar-refractivity contribution in [1.29, 1.82) is 0 Å². The molecule has 5 rings (SSSR count). The number of halogens is 2. The van der Waals surface area contributed by atoms with Crippen molar-refractivity contribution in [3.05, 3.63) is 35.5 Å². The lowest BCUT2D eigenvalue weighted by Crippen LogP contribution is -2.56. The van der Waals surface area contributed by atoms with E-state index in [-0.39, 0.29) is 17.9 Å². The minimum Gasteiger partial charge on any atom is -0.389 e. The number of benzene rings is 1. The van der Waals surface area contributed by atoms with Gasteiger partial charge in [0.1, 0.15) is 5.82 Å². The number of aryl methyl sites for hydroxylation is 1. The molecule has 2 N–H and O–H groups in total. The summed E-state index contributed by atoms with van der Waals surface area (Å²) in [4.78, 5) is 18.9. The van der Waals surface area contributed by atoms with E-state index < -0.39 is 24.4 Å². The fraction of sp³-hybridized carbons (Fsp3) is 0.600. The van der Waals surface area contributed by atoms with Gasteiger partial charge in [0.05, 0.1) is 24.9 Å². The Kier molecular flexibility index (Phi) is 5.87. The van der Waals surface area contributed by atoms with Gasteiger partial charge in [0.25, 0.3) is 0 Å². The van der Waals surface area contributed by atoms with Crippen LogP contribution in [0.4, 0.5) is 14.6 Å². The lowest BCUT2D eigenvalue weighted by molar-refractivity contribution is -0.118. The summed E-state index contributed by atoms with van der Waals surface area (Å²) < 4.78 is 31.1. The molecular weight excluding hydrogens is 428 g/mol. The topological polar surface area (TPSA) is 74.7 Å². The number of anilines is 1. The van der Waals surface area contributed by atoms with Crippen molar-refractivity contribution < 1.29 is 23.4 Å². The number of hydrogen-bond donors (Lipinski definition) is 2. The highest BCUT2D eigenvalue weighted by molar-refractivity contribution is 5.95. The molecule has 1 aromatic heterocycles. The van der Waals surface area contributed by atoms with E-state index >= 15 is 0 Å². The molecule has 1 amide bonds. The number of carbonyl (C=O) groups excluding carboxylic acids is 1. The average Bonchev–Trinajstić information content (AvgIpc) is 3.54. The molecule has 4 atom stereocenters. The van der Waals surface area contributed by atoms with Crippen molar-refractivity contribution in [2.75, 3.05) is 31.6 Å². The van der Waals surface area contributed by atoms with Crippen molar-refractivity contribution in [3.8, 4) is 0 Å². The third-order valence-electron chi connectivity index (χ3n) is 7.90. The van der Waals surface area contributed by atoms with Gasteiger partial charge in [-0.25, -0.2) is 13.8 Å². The number of amides is 1. The smallest absolute Gasteiger partial charge is 0.242 e. The third kappa shape index (κ3) is 4.24. The normalized spacial score (nSPS) is 30.8. The highest BCUT2D eigenvalue weighted by Gasteiger charge is 2.49. The third-order valence-corrected chi connectivity index (χ3v) is 7.90. The van der Waals surface area contributed by atoms with Crippen LogP contribution in [0.1, 0.15) is 43.2 Å². The maximum atomic E-state index is 12.8. The predicted molar refractivity (Wildman–Crippen MR) is 121 cm³/mol. The molecule has 1 aliphatic carbocycles. The maximum absolute atomic E-state index is 12.8. The number of nitrogens with zero attached hydrogens (tertiary/aromatic N) is 2. The van der Waals surface area contributed by atoms with Gasteiger partial charge in [0, 0.05) is 23.4 Å². The Labute approximate surface area is 192 Å². The Morgan fingerprint density at radius 2 is 2.03 bits per heavy atom. The van der Waals surface area contributed by atoms with Crippen LogP contribution in [0.2, 0.25) is 0 Å². The summed E-state index contributed by atoms with van der Waals surface area (Å²) in [5, 5.41) is 15.1. The molecule has 0 spiro atoms. The standard InChI is InChI=1S/C25H31F2N3O3/c1-14-7-17-11-28-22(29-24(32)20-10-19(20)23(26)27)9-16(17)8-18(14)15-3-5-30(6-4-15)25(2)13-33-12-21(25)31/h7-9,11,15,19-21,23,31H,3-6,10,12-13H2,1-2H3,(H,28,29,32). The van der Waals surface area contributed by atoms with Crippen LogP contribution >= 0.6 is 0 Å². The van der Waals surface area contributed by atoms with Crippen LogP contribution in [0.3, 0.4) is 0 Å². The zero-order valence-corrected chi connectivity index (χ0v) is 19.1. The minimum atomic E-state index is -2.45. The van der Waals surface area contributed by atoms with E-state index in [4.69, 9.17) is 4.74 Å². The number of fused-ring (bicyclic) bond motifs is 1. The number of carbonyl (C=O) groups is 1. The van der Waals surface area contributed by atoms with Crippen LogP contribution < -0.4 is 5.32 Å². The summed E-state index contributed by atoms with van der Waals surface area (Å²) in [6, 6.07) is 6.13. The Bertz CT molecular complexity index is 1060. The van der Waals surface area contributed by atoms with Gasteiger partial charge >= 0.3 is 0 Å². The van der Waals surface area contributed by atoms with Gasteiger partial charge < -0.3 is 15.2 Å². The molecule has 6 nitrogen and oxygen atoms in total. The summed E-state index contributed by atoms with van der Waals surface area (Å²) in [5.41, 5.74) is 2.19. The summed E-state index contributed by atoms with van der Waals surface area (Å²) in [6.07, 6.45) is 1.06. The number of piperidine rings is 1. The van der Waals surface area contributed by atoms with E-state index in [0.29, 0.717) is 24.9 Å². The van der Waals surface area contributed by atoms with Gasteiger partial charge in [0.15, 0.2) is 0 Å². The molecule has 1 saturated carbocycles. The average molecular weight is 460 g/mol. The molecule has 4 unspecified atom stereocenters. The van der Waals surface area contributed by atoms with Crippen molar-refractivity contribution in [1.82, 2.24) is 9.88 Å². The van der Waals surface area contributed by atoms with E-state index in [0.717, 1.165) is 36.7 Å². The molecule has 3 aliphatic rings. The van der Waals surface area contributed by atoms with Crippen molar-refractivity contribution in [2.24, 2.45) is 11.8 Å². The first-order valence-corrected chi connectivity index (χ1v) is 11.8. The molecule has 3 fully saturated rings. The summed E-state index contributed by atoms with van der Waals surface area (Å²) in [7, 11) is 0. The van der Waals surface area contributed by atoms with E-state index in [1.807, 2.05) is 6.07 Å². The van der Waals surface area contributed by atoms with Crippen LogP contribution in [-0.4, -0.2) is 65.3 Å². The van der Waals surface area contributed by atoms with Crippen LogP contribution in [0.25, 0.3) is 10.8 Å². The number of nitrogens with one attached hydrogen (secondary N) is 1. The van der Waals surface area contributed by atoms with Crippen molar-refractivity contribution in [2.45, 2.75) is 57.1 Å². The Hall–Kier alpha value is -2.16. The summed E-state index contributed by atoms with van der Waals surface area (Å²) in [5.74, 6) is -1.01. The fourth-order valence-corrected chi connectivity index (χ4v) is 5.50. The first kappa shape index (κ1) is 22.6. The predicted octanol–water partition coefficient (Wildman–Crippen LogP) is 3.71. The summed E-state index contributed by atoms with van der Waals surface area (Å²) >= 11 is 0. The van der Waals surface area contributed by atoms with Crippen LogP contribution in [0, 0.1) is 18.8 Å². The largest absolute Gasteiger partial charge is 0.389 e. The zero-order valence-electron chi connectivity index (χ0n) is 19.1. The lowest BCUT2D eigenvalue weighted by atomic mass is 9.83. The highest BCUT2D eigenvalue weighted by atomic mass is 19.3. The Morgan fingerprint density at radius 1 is 1.27 bits per heavy atom. The molecule has 2 aromatic rings.